The Balaban J connectivity index is 1.64. The maximum Gasteiger partial charge on any atom is 0.263 e. The number of amides is 1. The van der Waals surface area contributed by atoms with E-state index in [0.29, 0.717) is 20.9 Å². The molecule has 4 aromatic rings. The van der Waals surface area contributed by atoms with Crippen LogP contribution in [0.1, 0.15) is 5.56 Å². The number of hydrogen-bond acceptors (Lipinski definition) is 5. The van der Waals surface area contributed by atoms with Gasteiger partial charge < -0.3 is 10.1 Å². The molecule has 0 saturated heterocycles. The molecule has 0 aliphatic rings. The van der Waals surface area contributed by atoms with Crippen molar-refractivity contribution in [1.29, 1.82) is 0 Å². The number of benzene rings is 2. The minimum Gasteiger partial charge on any atom is -0.497 e. The minimum atomic E-state index is -0.315. The molecule has 0 spiro atoms. The number of nitrogens with zero attached hydrogens (tertiary/aromatic N) is 2. The predicted molar refractivity (Wildman–Crippen MR) is 121 cm³/mol. The molecule has 0 fully saturated rings. The average molecular weight is 440 g/mol. The lowest BCUT2D eigenvalue weighted by molar-refractivity contribution is -0.116. The van der Waals surface area contributed by atoms with Gasteiger partial charge in [-0.2, -0.15) is 0 Å². The van der Waals surface area contributed by atoms with Crippen molar-refractivity contribution >= 4 is 44.7 Å². The van der Waals surface area contributed by atoms with Crippen LogP contribution < -0.4 is 15.6 Å². The summed E-state index contributed by atoms with van der Waals surface area (Å²) in [6.07, 6.45) is 1.41. The maximum absolute atomic E-state index is 13.1. The van der Waals surface area contributed by atoms with Crippen LogP contribution in [0.4, 0.5) is 5.69 Å². The second-order valence-corrected chi connectivity index (χ2v) is 8.04. The molecule has 2 heterocycles. The van der Waals surface area contributed by atoms with Crippen molar-refractivity contribution in [2.24, 2.45) is 0 Å². The summed E-state index contributed by atoms with van der Waals surface area (Å²) in [5, 5.41) is 5.82. The van der Waals surface area contributed by atoms with E-state index >= 15 is 0 Å². The standard InChI is InChI=1S/C22H18ClN3O3S/c1-13-9-15(23)5-8-18(13)25-19(27)10-26-12-24-21-20(22(26)28)17(11-30-21)14-3-6-16(29-2)7-4-14/h3-9,11-12H,10H2,1-2H3,(H,25,27). The first kappa shape index (κ1) is 20.1. The normalized spacial score (nSPS) is 10.9. The van der Waals surface area contributed by atoms with Gasteiger partial charge in [0.25, 0.3) is 5.56 Å². The fourth-order valence-electron chi connectivity index (χ4n) is 3.17. The third kappa shape index (κ3) is 3.94. The third-order valence-corrected chi connectivity index (χ3v) is 5.86. The van der Waals surface area contributed by atoms with Crippen molar-refractivity contribution < 1.29 is 9.53 Å². The Morgan fingerprint density at radius 1 is 1.23 bits per heavy atom. The number of carbonyl (C=O) groups is 1. The maximum atomic E-state index is 13.1. The topological polar surface area (TPSA) is 73.2 Å². The molecular formula is C22H18ClN3O3S. The van der Waals surface area contributed by atoms with Gasteiger partial charge in [-0.25, -0.2) is 4.98 Å². The lowest BCUT2D eigenvalue weighted by Gasteiger charge is -2.10. The summed E-state index contributed by atoms with van der Waals surface area (Å²) < 4.78 is 6.52. The second kappa shape index (κ2) is 8.30. The summed E-state index contributed by atoms with van der Waals surface area (Å²) in [6.45, 7) is 1.72. The summed E-state index contributed by atoms with van der Waals surface area (Å²) in [5.41, 5.74) is 2.92. The van der Waals surface area contributed by atoms with Crippen LogP contribution in [0.25, 0.3) is 21.3 Å². The number of ether oxygens (including phenoxy) is 1. The number of anilines is 1. The number of nitrogens with one attached hydrogen (secondary N) is 1. The lowest BCUT2D eigenvalue weighted by Crippen LogP contribution is -2.28. The van der Waals surface area contributed by atoms with Crippen LogP contribution >= 0.6 is 22.9 Å². The molecular weight excluding hydrogens is 422 g/mol. The van der Waals surface area contributed by atoms with Crippen molar-refractivity contribution in [1.82, 2.24) is 9.55 Å². The van der Waals surface area contributed by atoms with Gasteiger partial charge in [-0.15, -0.1) is 11.3 Å². The minimum absolute atomic E-state index is 0.137. The Kier molecular flexibility index (Phi) is 5.57. The highest BCUT2D eigenvalue weighted by molar-refractivity contribution is 7.17. The quantitative estimate of drug-likeness (QED) is 0.487. The molecule has 152 valence electrons. The Morgan fingerprint density at radius 3 is 2.70 bits per heavy atom. The van der Waals surface area contributed by atoms with E-state index in [1.165, 1.54) is 22.2 Å². The number of aromatic nitrogens is 2. The summed E-state index contributed by atoms with van der Waals surface area (Å²) >= 11 is 7.36. The van der Waals surface area contributed by atoms with Gasteiger partial charge >= 0.3 is 0 Å². The Hall–Kier alpha value is -3.16. The van der Waals surface area contributed by atoms with Gasteiger partial charge in [0.1, 0.15) is 17.1 Å². The first-order chi connectivity index (χ1) is 14.5. The molecule has 6 nitrogen and oxygen atoms in total. The molecule has 0 unspecified atom stereocenters. The first-order valence-electron chi connectivity index (χ1n) is 9.13. The van der Waals surface area contributed by atoms with E-state index < -0.39 is 0 Å². The van der Waals surface area contributed by atoms with Crippen LogP contribution in [-0.2, 0) is 11.3 Å². The summed E-state index contributed by atoms with van der Waals surface area (Å²) in [6, 6.07) is 12.7. The van der Waals surface area contributed by atoms with Gasteiger partial charge in [-0.05, 0) is 48.4 Å². The molecule has 0 aliphatic carbocycles. The molecule has 2 aromatic heterocycles. The van der Waals surface area contributed by atoms with Crippen LogP contribution in [0.15, 0.2) is 59.0 Å². The van der Waals surface area contributed by atoms with Gasteiger partial charge in [0.05, 0.1) is 18.8 Å². The fourth-order valence-corrected chi connectivity index (χ4v) is 4.31. The van der Waals surface area contributed by atoms with Gasteiger partial charge in [-0.1, -0.05) is 23.7 Å². The smallest absolute Gasteiger partial charge is 0.263 e. The van der Waals surface area contributed by atoms with E-state index in [1.807, 2.05) is 36.6 Å². The summed E-state index contributed by atoms with van der Waals surface area (Å²) in [7, 11) is 1.61. The van der Waals surface area contributed by atoms with Crippen LogP contribution in [0, 0.1) is 6.92 Å². The molecule has 0 saturated carbocycles. The summed E-state index contributed by atoms with van der Waals surface area (Å²) in [4.78, 5) is 30.6. The van der Waals surface area contributed by atoms with Crippen molar-refractivity contribution in [2.45, 2.75) is 13.5 Å². The second-order valence-electron chi connectivity index (χ2n) is 6.74. The molecule has 0 atom stereocenters. The van der Waals surface area contributed by atoms with E-state index in [9.17, 15) is 9.59 Å². The molecule has 0 radical (unpaired) electrons. The Labute approximate surface area is 181 Å². The number of carbonyl (C=O) groups excluding carboxylic acids is 1. The number of fused-ring (bicyclic) bond motifs is 1. The van der Waals surface area contributed by atoms with E-state index in [0.717, 1.165) is 22.4 Å². The van der Waals surface area contributed by atoms with Crippen molar-refractivity contribution in [3.05, 3.63) is 75.1 Å². The number of methoxy groups -OCH3 is 1. The lowest BCUT2D eigenvalue weighted by atomic mass is 10.1. The van der Waals surface area contributed by atoms with Crippen molar-refractivity contribution in [3.8, 4) is 16.9 Å². The van der Waals surface area contributed by atoms with Gasteiger partial charge in [0, 0.05) is 21.7 Å². The predicted octanol–water partition coefficient (Wildman–Crippen LogP) is 4.73. The molecule has 4 rings (SSSR count). The van der Waals surface area contributed by atoms with Crippen LogP contribution in [0.3, 0.4) is 0 Å². The third-order valence-electron chi connectivity index (χ3n) is 4.74. The fraction of sp³-hybridized carbons (Fsp3) is 0.136. The molecule has 1 N–H and O–H groups in total. The molecule has 8 heteroatoms. The monoisotopic (exact) mass is 439 g/mol. The van der Waals surface area contributed by atoms with E-state index in [1.54, 1.807) is 25.3 Å². The number of halogens is 1. The number of aryl methyl sites for hydroxylation is 1. The van der Waals surface area contributed by atoms with Crippen LogP contribution in [-0.4, -0.2) is 22.6 Å². The zero-order valence-electron chi connectivity index (χ0n) is 16.3. The highest BCUT2D eigenvalue weighted by Crippen LogP contribution is 2.31. The molecule has 1 amide bonds. The van der Waals surface area contributed by atoms with E-state index in [2.05, 4.69) is 10.3 Å². The van der Waals surface area contributed by atoms with E-state index in [-0.39, 0.29) is 18.0 Å². The van der Waals surface area contributed by atoms with E-state index in [4.69, 9.17) is 16.3 Å². The molecule has 2 aromatic carbocycles. The Morgan fingerprint density at radius 2 is 2.00 bits per heavy atom. The highest BCUT2D eigenvalue weighted by Gasteiger charge is 2.15. The molecule has 30 heavy (non-hydrogen) atoms. The zero-order chi connectivity index (χ0) is 21.3. The molecule has 0 aliphatic heterocycles. The largest absolute Gasteiger partial charge is 0.497 e. The first-order valence-corrected chi connectivity index (χ1v) is 10.4. The van der Waals surface area contributed by atoms with Crippen molar-refractivity contribution in [3.63, 3.8) is 0 Å². The SMILES string of the molecule is COc1ccc(-c2csc3ncn(CC(=O)Nc4ccc(Cl)cc4C)c(=O)c23)cc1. The van der Waals surface area contributed by atoms with Gasteiger partial charge in [0.2, 0.25) is 5.91 Å². The highest BCUT2D eigenvalue weighted by atomic mass is 35.5. The van der Waals surface area contributed by atoms with Gasteiger partial charge in [-0.3, -0.25) is 14.2 Å². The molecule has 0 bridgehead atoms. The van der Waals surface area contributed by atoms with Crippen LogP contribution in [0.2, 0.25) is 5.02 Å². The summed E-state index contributed by atoms with van der Waals surface area (Å²) in [5.74, 6) is 0.424. The van der Waals surface area contributed by atoms with Crippen LogP contribution in [0.5, 0.6) is 5.75 Å². The average Bonchev–Trinajstić information content (AvgIpc) is 3.17. The Bertz CT molecular complexity index is 1300. The number of rotatable bonds is 5. The zero-order valence-corrected chi connectivity index (χ0v) is 17.9. The van der Waals surface area contributed by atoms with Gasteiger partial charge in [0.15, 0.2) is 0 Å². The number of hydrogen-bond donors (Lipinski definition) is 1. The number of thiophene rings is 1. The van der Waals surface area contributed by atoms with Crippen molar-refractivity contribution in [2.75, 3.05) is 12.4 Å².